The summed E-state index contributed by atoms with van der Waals surface area (Å²) < 4.78 is 26.1. The largest absolute Gasteiger partial charge is 0.449 e. The van der Waals surface area contributed by atoms with Gasteiger partial charge in [0.2, 0.25) is 5.91 Å². The lowest BCUT2D eigenvalue weighted by Crippen LogP contribution is -2.35. The normalized spacial score (nSPS) is 15.9. The first kappa shape index (κ1) is 36.9. The third kappa shape index (κ3) is 15.8. The fourth-order valence-electron chi connectivity index (χ4n) is 2.96. The molecule has 2 rings (SSSR count). The number of rotatable bonds is 9. The number of aromatic nitrogens is 2. The van der Waals surface area contributed by atoms with E-state index >= 15 is 0 Å². The molecule has 1 saturated heterocycles. The number of hydrazine groups is 1. The van der Waals surface area contributed by atoms with Gasteiger partial charge in [-0.3, -0.25) is 14.7 Å². The Labute approximate surface area is 224 Å². The van der Waals surface area contributed by atoms with Crippen molar-refractivity contribution in [3.05, 3.63) is 34.4 Å². The van der Waals surface area contributed by atoms with Crippen molar-refractivity contribution in [1.82, 2.24) is 19.9 Å². The molecular formula is C24H47FN8O5. The van der Waals surface area contributed by atoms with Crippen molar-refractivity contribution in [2.45, 2.75) is 79.1 Å². The third-order valence-corrected chi connectivity index (χ3v) is 4.64. The molecule has 8 N–H and O–H groups in total. The molecule has 1 aliphatic heterocycles. The van der Waals surface area contributed by atoms with Gasteiger partial charge >= 0.3 is 11.8 Å². The molecule has 2 heterocycles. The summed E-state index contributed by atoms with van der Waals surface area (Å²) in [5.41, 5.74) is 9.89. The van der Waals surface area contributed by atoms with Gasteiger partial charge in [0, 0.05) is 25.9 Å². The summed E-state index contributed by atoms with van der Waals surface area (Å²) in [5, 5.41) is 5.95. The molecule has 1 aromatic rings. The smallest absolute Gasteiger partial charge is 0.412 e. The maximum absolute atomic E-state index is 14.3. The fraction of sp³-hybridized carbons (Fsp3) is 0.667. The Morgan fingerprint density at radius 1 is 1.29 bits per heavy atom. The number of halogens is 1. The Kier molecular flexibility index (Phi) is 21.2. The number of carbonyl (C=O) groups excluding carboxylic acids is 2. The molecule has 13 nitrogen and oxygen atoms in total. The number of nitrogens with two attached hydrogens (primary N) is 3. The second kappa shape index (κ2) is 21.8. The molecule has 0 aliphatic carbocycles. The van der Waals surface area contributed by atoms with Crippen LogP contribution in [-0.4, -0.2) is 59.9 Å². The van der Waals surface area contributed by atoms with E-state index in [1.54, 1.807) is 20.2 Å². The van der Waals surface area contributed by atoms with Crippen molar-refractivity contribution < 1.29 is 23.5 Å². The van der Waals surface area contributed by atoms with Crippen LogP contribution in [-0.2, 0) is 14.3 Å². The number of amides is 2. The van der Waals surface area contributed by atoms with Gasteiger partial charge in [0.05, 0.1) is 25.5 Å². The predicted molar refractivity (Wildman–Crippen MR) is 146 cm³/mol. The molecule has 1 fully saturated rings. The molecule has 2 amide bonds. The molecule has 220 valence electrons. The molecule has 1 aromatic heterocycles. The number of hydrogen-bond donors (Lipinski definition) is 5. The quantitative estimate of drug-likeness (QED) is 0.174. The number of nitrogens with zero attached hydrogens (tertiary/aromatic N) is 3. The van der Waals surface area contributed by atoms with Crippen molar-refractivity contribution in [3.63, 3.8) is 0 Å². The van der Waals surface area contributed by atoms with Gasteiger partial charge in [-0.05, 0) is 33.2 Å². The zero-order valence-electron chi connectivity index (χ0n) is 23.8. The standard InChI is InChI=1S/C18H29FN6O4.C3H7NO.C2H6.CH5N/c1-3-4-5-8-28-18(27)23-16-14(19)11-25(17(26)22-16)15-7-6-13(29-15)10-24(21)9-12(2)20;1-3(5)4-2;2*1-2/h9,11,13,15H,3-8,10,20-21H2,1-2H3,(H,22,23,26,27);1-2H3,(H,4,5);1-2H3;2H2,1H3/b12-9-;;;. The highest BCUT2D eigenvalue weighted by molar-refractivity contribution is 5.83. The minimum atomic E-state index is -0.857. The SMILES string of the molecule is CC.CCCCCOC(=O)Nc1nc(=O)n(C2CCC(CN(N)/C=C(/C)N)O2)cc1F.CN.CNC(C)=O. The van der Waals surface area contributed by atoms with Gasteiger partial charge in [-0.25, -0.2) is 19.8 Å². The van der Waals surface area contributed by atoms with Gasteiger partial charge in [0.1, 0.15) is 6.23 Å². The van der Waals surface area contributed by atoms with Crippen LogP contribution < -0.4 is 33.6 Å². The van der Waals surface area contributed by atoms with Crippen molar-refractivity contribution >= 4 is 17.8 Å². The Morgan fingerprint density at radius 2 is 1.89 bits per heavy atom. The van der Waals surface area contributed by atoms with Gasteiger partial charge < -0.3 is 31.3 Å². The maximum atomic E-state index is 14.3. The van der Waals surface area contributed by atoms with Crippen LogP contribution in [0.25, 0.3) is 0 Å². The van der Waals surface area contributed by atoms with Crippen molar-refractivity contribution in [2.75, 3.05) is 32.6 Å². The number of anilines is 1. The Balaban J connectivity index is 0. The van der Waals surface area contributed by atoms with Crippen molar-refractivity contribution in [1.29, 1.82) is 0 Å². The number of carbonyl (C=O) groups is 2. The van der Waals surface area contributed by atoms with Crippen LogP contribution in [0.1, 0.15) is 73.0 Å². The summed E-state index contributed by atoms with van der Waals surface area (Å²) in [6.07, 6.45) is 4.53. The molecule has 14 heteroatoms. The van der Waals surface area contributed by atoms with Crippen molar-refractivity contribution in [3.8, 4) is 0 Å². The molecule has 38 heavy (non-hydrogen) atoms. The first-order valence-corrected chi connectivity index (χ1v) is 12.7. The Hall–Kier alpha value is -3.23. The van der Waals surface area contributed by atoms with E-state index in [1.807, 2.05) is 20.8 Å². The number of ether oxygens (including phenoxy) is 2. The van der Waals surface area contributed by atoms with E-state index in [0.717, 1.165) is 23.6 Å². The van der Waals surface area contributed by atoms with Crippen LogP contribution >= 0.6 is 0 Å². The summed E-state index contributed by atoms with van der Waals surface area (Å²) in [6, 6.07) is 0. The molecular weight excluding hydrogens is 499 g/mol. The lowest BCUT2D eigenvalue weighted by atomic mass is 10.2. The van der Waals surface area contributed by atoms with Gasteiger partial charge in [0.15, 0.2) is 11.6 Å². The maximum Gasteiger partial charge on any atom is 0.412 e. The molecule has 0 spiro atoms. The van der Waals surface area contributed by atoms with Gasteiger partial charge in [0.25, 0.3) is 0 Å². The number of allylic oxidation sites excluding steroid dienone is 1. The van der Waals surface area contributed by atoms with E-state index in [9.17, 15) is 18.8 Å². The minimum absolute atomic E-state index is 0.00463. The average Bonchev–Trinajstić information content (AvgIpc) is 3.34. The molecule has 2 atom stereocenters. The zero-order chi connectivity index (χ0) is 29.7. The Bertz CT molecular complexity index is 893. The zero-order valence-corrected chi connectivity index (χ0v) is 23.8. The van der Waals surface area contributed by atoms with Gasteiger partial charge in [-0.2, -0.15) is 4.98 Å². The Morgan fingerprint density at radius 3 is 2.42 bits per heavy atom. The van der Waals surface area contributed by atoms with Crippen LogP contribution in [0.2, 0.25) is 0 Å². The number of hydrogen-bond acceptors (Lipinski definition) is 10. The summed E-state index contributed by atoms with van der Waals surface area (Å²) in [4.78, 5) is 37.3. The van der Waals surface area contributed by atoms with E-state index in [-0.39, 0.29) is 18.6 Å². The topological polar surface area (TPSA) is 193 Å². The van der Waals surface area contributed by atoms with E-state index in [1.165, 1.54) is 19.0 Å². The summed E-state index contributed by atoms with van der Waals surface area (Å²) in [6.45, 7) is 9.80. The first-order valence-electron chi connectivity index (χ1n) is 12.7. The highest BCUT2D eigenvalue weighted by atomic mass is 19.1. The van der Waals surface area contributed by atoms with Crippen LogP contribution in [0.15, 0.2) is 22.9 Å². The highest BCUT2D eigenvalue weighted by Crippen LogP contribution is 2.28. The molecule has 1 aliphatic rings. The average molecular weight is 547 g/mol. The second-order valence-corrected chi connectivity index (χ2v) is 7.76. The lowest BCUT2D eigenvalue weighted by molar-refractivity contribution is -0.118. The first-order chi connectivity index (χ1) is 18.1. The summed E-state index contributed by atoms with van der Waals surface area (Å²) in [5.74, 6) is 4.49. The molecule has 0 aromatic carbocycles. The van der Waals surface area contributed by atoms with Crippen molar-refractivity contribution in [2.24, 2.45) is 17.3 Å². The monoisotopic (exact) mass is 546 g/mol. The third-order valence-electron chi connectivity index (χ3n) is 4.64. The van der Waals surface area contributed by atoms with Gasteiger partial charge in [-0.15, -0.1) is 0 Å². The molecule has 0 saturated carbocycles. The molecule has 0 radical (unpaired) electrons. The van der Waals surface area contributed by atoms with E-state index in [2.05, 4.69) is 21.4 Å². The van der Waals surface area contributed by atoms with Gasteiger partial charge in [-0.1, -0.05) is 33.6 Å². The van der Waals surface area contributed by atoms with Crippen LogP contribution in [0.3, 0.4) is 0 Å². The molecule has 2 unspecified atom stereocenters. The predicted octanol–water partition coefficient (Wildman–Crippen LogP) is 2.15. The molecule has 0 bridgehead atoms. The number of nitrogens with one attached hydrogen (secondary N) is 2. The lowest BCUT2D eigenvalue weighted by Gasteiger charge is -2.20. The minimum Gasteiger partial charge on any atom is -0.449 e. The van der Waals surface area contributed by atoms with E-state index in [0.29, 0.717) is 31.5 Å². The second-order valence-electron chi connectivity index (χ2n) is 7.76. The van der Waals surface area contributed by atoms with E-state index < -0.39 is 29.6 Å². The number of unbranched alkanes of at least 4 members (excludes halogenated alkanes) is 2. The van der Waals surface area contributed by atoms with Crippen LogP contribution in [0, 0.1) is 5.82 Å². The fourth-order valence-corrected chi connectivity index (χ4v) is 2.96. The van der Waals surface area contributed by atoms with Crippen LogP contribution in [0.5, 0.6) is 0 Å². The summed E-state index contributed by atoms with van der Waals surface area (Å²) >= 11 is 0. The highest BCUT2D eigenvalue weighted by Gasteiger charge is 2.29. The van der Waals surface area contributed by atoms with E-state index in [4.69, 9.17) is 21.1 Å². The van der Waals surface area contributed by atoms with Crippen LogP contribution in [0.4, 0.5) is 15.0 Å². The summed E-state index contributed by atoms with van der Waals surface area (Å²) in [7, 11) is 3.10.